The molecular formula is C16H15FO3. The first-order valence-electron chi connectivity index (χ1n) is 6.33. The first-order valence-corrected chi connectivity index (χ1v) is 6.33. The van der Waals surface area contributed by atoms with Crippen LogP contribution in [0.25, 0.3) is 0 Å². The van der Waals surface area contributed by atoms with Crippen molar-refractivity contribution in [2.45, 2.75) is 12.3 Å². The Hall–Kier alpha value is -2.36. The highest BCUT2D eigenvalue weighted by molar-refractivity contribution is 5.76. The van der Waals surface area contributed by atoms with Crippen LogP contribution in [-0.2, 0) is 4.79 Å². The van der Waals surface area contributed by atoms with Gasteiger partial charge in [0.1, 0.15) is 0 Å². The van der Waals surface area contributed by atoms with E-state index < -0.39 is 17.7 Å². The maximum atomic E-state index is 13.4. The van der Waals surface area contributed by atoms with Crippen molar-refractivity contribution in [3.63, 3.8) is 0 Å². The summed E-state index contributed by atoms with van der Waals surface area (Å²) < 4.78 is 18.7. The van der Waals surface area contributed by atoms with E-state index in [4.69, 9.17) is 4.74 Å². The molecule has 20 heavy (non-hydrogen) atoms. The van der Waals surface area contributed by atoms with Gasteiger partial charge >= 0.3 is 5.97 Å². The third-order valence-electron chi connectivity index (χ3n) is 3.00. The Morgan fingerprint density at radius 1 is 1.10 bits per heavy atom. The van der Waals surface area contributed by atoms with Gasteiger partial charge in [-0.3, -0.25) is 4.79 Å². The number of hydrogen-bond acceptors (Lipinski definition) is 2. The second kappa shape index (κ2) is 6.70. The summed E-state index contributed by atoms with van der Waals surface area (Å²) in [5.41, 5.74) is 0.720. The van der Waals surface area contributed by atoms with Gasteiger partial charge in [0.05, 0.1) is 12.5 Å². The maximum absolute atomic E-state index is 13.4. The van der Waals surface area contributed by atoms with Crippen LogP contribution in [0.4, 0.5) is 4.39 Å². The first kappa shape index (κ1) is 14.1. The van der Waals surface area contributed by atoms with E-state index in [9.17, 15) is 14.3 Å². The van der Waals surface area contributed by atoms with Crippen LogP contribution in [0.2, 0.25) is 0 Å². The number of carboxylic acids is 1. The van der Waals surface area contributed by atoms with Crippen molar-refractivity contribution in [1.29, 1.82) is 0 Å². The SMILES string of the molecule is O=C(O)C(CCOc1ccccc1F)c1ccccc1. The van der Waals surface area contributed by atoms with Crippen LogP contribution in [0.5, 0.6) is 5.75 Å². The minimum Gasteiger partial charge on any atom is -0.490 e. The van der Waals surface area contributed by atoms with E-state index in [1.165, 1.54) is 12.1 Å². The van der Waals surface area contributed by atoms with E-state index in [1.807, 2.05) is 6.07 Å². The van der Waals surface area contributed by atoms with Crippen molar-refractivity contribution in [3.05, 3.63) is 66.0 Å². The molecule has 0 aliphatic rings. The summed E-state index contributed by atoms with van der Waals surface area (Å²) in [7, 11) is 0. The Bertz CT molecular complexity index is 569. The van der Waals surface area contributed by atoms with Crippen molar-refractivity contribution in [1.82, 2.24) is 0 Å². The lowest BCUT2D eigenvalue weighted by Gasteiger charge is -2.13. The molecule has 4 heteroatoms. The van der Waals surface area contributed by atoms with Gasteiger partial charge in [-0.15, -0.1) is 0 Å². The molecule has 104 valence electrons. The van der Waals surface area contributed by atoms with Crippen molar-refractivity contribution in [2.24, 2.45) is 0 Å². The van der Waals surface area contributed by atoms with Gasteiger partial charge < -0.3 is 9.84 Å². The smallest absolute Gasteiger partial charge is 0.311 e. The number of rotatable bonds is 6. The van der Waals surface area contributed by atoms with Crippen LogP contribution in [0.3, 0.4) is 0 Å². The summed E-state index contributed by atoms with van der Waals surface area (Å²) in [6.45, 7) is 0.146. The molecule has 2 aromatic carbocycles. The van der Waals surface area contributed by atoms with Gasteiger partial charge in [-0.05, 0) is 24.1 Å². The topological polar surface area (TPSA) is 46.5 Å². The lowest BCUT2D eigenvalue weighted by Crippen LogP contribution is -2.15. The number of carbonyl (C=O) groups is 1. The molecule has 0 saturated heterocycles. The zero-order valence-corrected chi connectivity index (χ0v) is 10.8. The van der Waals surface area contributed by atoms with Crippen molar-refractivity contribution >= 4 is 5.97 Å². The van der Waals surface area contributed by atoms with Crippen LogP contribution in [0.1, 0.15) is 17.9 Å². The van der Waals surface area contributed by atoms with E-state index in [1.54, 1.807) is 36.4 Å². The molecule has 1 unspecified atom stereocenters. The summed E-state index contributed by atoms with van der Waals surface area (Å²) in [6, 6.07) is 15.0. The monoisotopic (exact) mass is 274 g/mol. The molecule has 0 spiro atoms. The molecule has 0 saturated carbocycles. The maximum Gasteiger partial charge on any atom is 0.311 e. The quantitative estimate of drug-likeness (QED) is 0.877. The Morgan fingerprint density at radius 3 is 2.40 bits per heavy atom. The van der Waals surface area contributed by atoms with Crippen molar-refractivity contribution in [2.75, 3.05) is 6.61 Å². The number of benzene rings is 2. The first-order chi connectivity index (χ1) is 9.68. The van der Waals surface area contributed by atoms with E-state index in [0.29, 0.717) is 0 Å². The van der Waals surface area contributed by atoms with E-state index >= 15 is 0 Å². The number of carboxylic acid groups (broad SMARTS) is 1. The number of ether oxygens (including phenoxy) is 1. The second-order valence-corrected chi connectivity index (χ2v) is 4.37. The Morgan fingerprint density at radius 2 is 1.75 bits per heavy atom. The third-order valence-corrected chi connectivity index (χ3v) is 3.00. The Balaban J connectivity index is 1.97. The lowest BCUT2D eigenvalue weighted by atomic mass is 9.96. The van der Waals surface area contributed by atoms with Gasteiger partial charge in [0.25, 0.3) is 0 Å². The van der Waals surface area contributed by atoms with Crippen LogP contribution in [0.15, 0.2) is 54.6 Å². The van der Waals surface area contributed by atoms with Gasteiger partial charge in [0, 0.05) is 0 Å². The predicted molar refractivity (Wildman–Crippen MR) is 73.3 cm³/mol. The highest BCUT2D eigenvalue weighted by Gasteiger charge is 2.19. The molecule has 2 rings (SSSR count). The molecule has 2 aromatic rings. The Labute approximate surface area is 116 Å². The summed E-state index contributed by atoms with van der Waals surface area (Å²) in [5, 5.41) is 9.25. The normalized spacial score (nSPS) is 11.8. The molecule has 0 radical (unpaired) electrons. The minimum atomic E-state index is -0.909. The summed E-state index contributed by atoms with van der Waals surface area (Å²) in [5.74, 6) is -1.86. The minimum absolute atomic E-state index is 0.143. The molecule has 0 bridgehead atoms. The number of hydrogen-bond donors (Lipinski definition) is 1. The summed E-state index contributed by atoms with van der Waals surface area (Å²) in [4.78, 5) is 11.3. The third kappa shape index (κ3) is 3.57. The zero-order valence-electron chi connectivity index (χ0n) is 10.8. The van der Waals surface area contributed by atoms with Crippen LogP contribution in [0, 0.1) is 5.82 Å². The molecule has 0 aliphatic carbocycles. The van der Waals surface area contributed by atoms with Gasteiger partial charge in [0.2, 0.25) is 0 Å². The Kier molecular flexibility index (Phi) is 4.71. The fourth-order valence-corrected chi connectivity index (χ4v) is 1.97. The van der Waals surface area contributed by atoms with Gasteiger partial charge in [-0.25, -0.2) is 4.39 Å². The fourth-order valence-electron chi connectivity index (χ4n) is 1.97. The van der Waals surface area contributed by atoms with Crippen LogP contribution >= 0.6 is 0 Å². The lowest BCUT2D eigenvalue weighted by molar-refractivity contribution is -0.139. The van der Waals surface area contributed by atoms with Gasteiger partial charge in [0.15, 0.2) is 11.6 Å². The van der Waals surface area contributed by atoms with Crippen molar-refractivity contribution in [3.8, 4) is 5.75 Å². The molecule has 0 aliphatic heterocycles. The highest BCUT2D eigenvalue weighted by atomic mass is 19.1. The van der Waals surface area contributed by atoms with Gasteiger partial charge in [-0.2, -0.15) is 0 Å². The molecular weight excluding hydrogens is 259 g/mol. The zero-order chi connectivity index (χ0) is 14.4. The van der Waals surface area contributed by atoms with E-state index in [-0.39, 0.29) is 18.8 Å². The average Bonchev–Trinajstić information content (AvgIpc) is 2.46. The van der Waals surface area contributed by atoms with E-state index in [0.717, 1.165) is 5.56 Å². The van der Waals surface area contributed by atoms with Crippen molar-refractivity contribution < 1.29 is 19.0 Å². The fraction of sp³-hybridized carbons (Fsp3) is 0.188. The number of para-hydroxylation sites is 1. The molecule has 3 nitrogen and oxygen atoms in total. The standard InChI is InChI=1S/C16H15FO3/c17-14-8-4-5-9-15(14)20-11-10-13(16(18)19)12-6-2-1-3-7-12/h1-9,13H,10-11H2,(H,18,19). The average molecular weight is 274 g/mol. The van der Waals surface area contributed by atoms with Crippen LogP contribution in [-0.4, -0.2) is 17.7 Å². The number of aliphatic carboxylic acids is 1. The largest absolute Gasteiger partial charge is 0.490 e. The number of halogens is 1. The predicted octanol–water partition coefficient (Wildman–Crippen LogP) is 3.46. The molecule has 1 atom stereocenters. The molecule has 0 amide bonds. The van der Waals surface area contributed by atoms with Gasteiger partial charge in [-0.1, -0.05) is 42.5 Å². The molecule has 0 fully saturated rings. The molecule has 0 heterocycles. The summed E-state index contributed by atoms with van der Waals surface area (Å²) >= 11 is 0. The molecule has 1 N–H and O–H groups in total. The second-order valence-electron chi connectivity index (χ2n) is 4.37. The summed E-state index contributed by atoms with van der Waals surface area (Å²) in [6.07, 6.45) is 0.285. The van der Waals surface area contributed by atoms with Crippen LogP contribution < -0.4 is 4.74 Å². The van der Waals surface area contributed by atoms with E-state index in [2.05, 4.69) is 0 Å². The molecule has 0 aromatic heterocycles. The highest BCUT2D eigenvalue weighted by Crippen LogP contribution is 2.21.